The Morgan fingerprint density at radius 2 is 1.75 bits per heavy atom. The fourth-order valence-electron chi connectivity index (χ4n) is 1.42. The summed E-state index contributed by atoms with van der Waals surface area (Å²) in [6, 6.07) is 0. The average molecular weight is 185 g/mol. The van der Waals surface area contributed by atoms with Gasteiger partial charge in [0.15, 0.2) is 0 Å². The fraction of sp³-hybridized carbons (Fsp3) is 1.00. The Balaban J connectivity index is -0.000000167. The van der Waals surface area contributed by atoms with Crippen molar-refractivity contribution >= 4 is 23.1 Å². The molecular weight excluding hydrogens is 160 g/mol. The van der Waals surface area contributed by atoms with E-state index in [1.807, 2.05) is 0 Å². The summed E-state index contributed by atoms with van der Waals surface area (Å²) in [4.78, 5) is 0. The van der Waals surface area contributed by atoms with Gasteiger partial charge in [-0.1, -0.05) is 39.5 Å². The van der Waals surface area contributed by atoms with Gasteiger partial charge in [0.1, 0.15) is 0 Å². The van der Waals surface area contributed by atoms with E-state index in [4.69, 9.17) is 5.11 Å². The van der Waals surface area contributed by atoms with Crippen LogP contribution in [0.25, 0.3) is 0 Å². The van der Waals surface area contributed by atoms with Crippen molar-refractivity contribution < 1.29 is 7.96 Å². The molecule has 0 aliphatic carbocycles. The molecule has 0 aliphatic heterocycles. The normalized spacial score (nSPS) is 12.2. The summed E-state index contributed by atoms with van der Waals surface area (Å²) < 4.78 is 0. The van der Waals surface area contributed by atoms with Gasteiger partial charge < -0.3 is 7.96 Å². The average Bonchev–Trinajstić information content (AvgIpc) is 2.03. The van der Waals surface area contributed by atoms with Gasteiger partial charge in [-0.15, -0.1) is 0 Å². The molecule has 0 rings (SSSR count). The van der Waals surface area contributed by atoms with Crippen LogP contribution in [0, 0.1) is 5.92 Å². The molecule has 0 saturated heterocycles. The molecular formula is C10H24MgO. The third-order valence-electron chi connectivity index (χ3n) is 2.17. The van der Waals surface area contributed by atoms with Gasteiger partial charge in [0, 0.05) is 6.61 Å². The predicted molar refractivity (Wildman–Crippen MR) is 57.6 cm³/mol. The second kappa shape index (κ2) is 11.7. The molecule has 0 aromatic carbocycles. The van der Waals surface area contributed by atoms with E-state index in [0.717, 1.165) is 0 Å². The zero-order chi connectivity index (χ0) is 8.53. The Morgan fingerprint density at radius 1 is 1.08 bits per heavy atom. The molecule has 1 nitrogen and oxygen atoms in total. The van der Waals surface area contributed by atoms with Crippen LogP contribution < -0.4 is 0 Å². The van der Waals surface area contributed by atoms with Crippen molar-refractivity contribution in [1.82, 2.24) is 0 Å². The van der Waals surface area contributed by atoms with Gasteiger partial charge in [0.25, 0.3) is 0 Å². The Labute approximate surface area is 96.1 Å². The molecule has 1 atom stereocenters. The van der Waals surface area contributed by atoms with Crippen molar-refractivity contribution in [2.45, 2.75) is 52.4 Å². The van der Waals surface area contributed by atoms with Gasteiger partial charge in [-0.3, -0.25) is 0 Å². The molecule has 0 saturated carbocycles. The minimum absolute atomic E-state index is 0. The van der Waals surface area contributed by atoms with Crippen molar-refractivity contribution in [1.29, 1.82) is 0 Å². The van der Waals surface area contributed by atoms with Crippen molar-refractivity contribution in [3.63, 3.8) is 0 Å². The molecule has 0 radical (unpaired) electrons. The molecule has 0 heterocycles. The first kappa shape index (κ1) is 15.2. The molecule has 12 heavy (non-hydrogen) atoms. The minimum atomic E-state index is 0. The summed E-state index contributed by atoms with van der Waals surface area (Å²) in [6.45, 7) is 4.79. The predicted octanol–water partition coefficient (Wildman–Crippen LogP) is 2.82. The van der Waals surface area contributed by atoms with Crippen LogP contribution in [0.4, 0.5) is 0 Å². The SMILES string of the molecule is CCCCCC(CO)CCC.[H-].[H-].[Mg+2]. The summed E-state index contributed by atoms with van der Waals surface area (Å²) in [5.74, 6) is 0.576. The van der Waals surface area contributed by atoms with Crippen molar-refractivity contribution in [3.8, 4) is 0 Å². The molecule has 1 N–H and O–H groups in total. The van der Waals surface area contributed by atoms with Crippen LogP contribution in [0.15, 0.2) is 0 Å². The van der Waals surface area contributed by atoms with Gasteiger partial charge in [-0.2, -0.15) is 0 Å². The molecule has 0 amide bonds. The van der Waals surface area contributed by atoms with E-state index in [1.165, 1.54) is 38.5 Å². The quantitative estimate of drug-likeness (QED) is 0.477. The number of rotatable bonds is 7. The standard InChI is InChI=1S/C10H22O.Mg.2H/c1-3-5-6-8-10(9-11)7-4-2;;;/h10-11H,3-9H2,1-2H3;;;/q;+2;2*-1. The molecule has 0 aromatic heterocycles. The number of hydrogen-bond acceptors (Lipinski definition) is 1. The van der Waals surface area contributed by atoms with Crippen LogP contribution in [-0.2, 0) is 0 Å². The van der Waals surface area contributed by atoms with Crippen molar-refractivity contribution in [3.05, 3.63) is 0 Å². The van der Waals surface area contributed by atoms with Crippen LogP contribution in [0.3, 0.4) is 0 Å². The van der Waals surface area contributed by atoms with Gasteiger partial charge in [-0.25, -0.2) is 0 Å². The first-order chi connectivity index (χ1) is 5.35. The van der Waals surface area contributed by atoms with E-state index in [2.05, 4.69) is 13.8 Å². The Kier molecular flexibility index (Phi) is 14.9. The van der Waals surface area contributed by atoms with E-state index in [-0.39, 0.29) is 25.9 Å². The zero-order valence-corrected chi connectivity index (χ0v) is 10.1. The summed E-state index contributed by atoms with van der Waals surface area (Å²) >= 11 is 0. The number of aliphatic hydroxyl groups is 1. The maximum Gasteiger partial charge on any atom is 2.00 e. The van der Waals surface area contributed by atoms with E-state index in [9.17, 15) is 0 Å². The number of aliphatic hydroxyl groups excluding tert-OH is 1. The van der Waals surface area contributed by atoms with Crippen LogP contribution in [0.1, 0.15) is 55.2 Å². The Bertz CT molecular complexity index is 84.5. The summed E-state index contributed by atoms with van der Waals surface area (Å²) in [6.07, 6.45) is 7.52. The second-order valence-corrected chi connectivity index (χ2v) is 3.33. The molecule has 0 spiro atoms. The van der Waals surface area contributed by atoms with Crippen LogP contribution in [0.5, 0.6) is 0 Å². The summed E-state index contributed by atoms with van der Waals surface area (Å²) in [5.41, 5.74) is 0. The fourth-order valence-corrected chi connectivity index (χ4v) is 1.42. The molecule has 0 aromatic rings. The summed E-state index contributed by atoms with van der Waals surface area (Å²) in [5, 5.41) is 8.96. The van der Waals surface area contributed by atoms with Crippen molar-refractivity contribution in [2.24, 2.45) is 5.92 Å². The van der Waals surface area contributed by atoms with Crippen molar-refractivity contribution in [2.75, 3.05) is 6.61 Å². The van der Waals surface area contributed by atoms with Crippen LogP contribution in [0.2, 0.25) is 0 Å². The van der Waals surface area contributed by atoms with Gasteiger partial charge in [-0.05, 0) is 18.8 Å². The summed E-state index contributed by atoms with van der Waals surface area (Å²) in [7, 11) is 0. The molecule has 1 unspecified atom stereocenters. The van der Waals surface area contributed by atoms with E-state index in [0.29, 0.717) is 12.5 Å². The maximum atomic E-state index is 8.96. The number of unbranched alkanes of at least 4 members (excludes halogenated alkanes) is 2. The van der Waals surface area contributed by atoms with Crippen LogP contribution in [-0.4, -0.2) is 34.8 Å². The third-order valence-corrected chi connectivity index (χ3v) is 2.17. The topological polar surface area (TPSA) is 20.2 Å². The maximum absolute atomic E-state index is 8.96. The third kappa shape index (κ3) is 8.82. The van der Waals surface area contributed by atoms with E-state index < -0.39 is 0 Å². The first-order valence-electron chi connectivity index (χ1n) is 4.96. The second-order valence-electron chi connectivity index (χ2n) is 3.33. The molecule has 0 bridgehead atoms. The number of hydrogen-bond donors (Lipinski definition) is 1. The van der Waals surface area contributed by atoms with Gasteiger partial charge in [0.2, 0.25) is 0 Å². The first-order valence-corrected chi connectivity index (χ1v) is 4.96. The van der Waals surface area contributed by atoms with Gasteiger partial charge >= 0.3 is 23.1 Å². The Morgan fingerprint density at radius 3 is 2.17 bits per heavy atom. The Hall–Kier alpha value is 0.726. The molecule has 0 fully saturated rings. The molecule has 72 valence electrons. The zero-order valence-electron chi connectivity index (χ0n) is 10.7. The minimum Gasteiger partial charge on any atom is -1.00 e. The largest absolute Gasteiger partial charge is 2.00 e. The van der Waals surface area contributed by atoms with E-state index in [1.54, 1.807) is 0 Å². The smallest absolute Gasteiger partial charge is 1.00 e. The van der Waals surface area contributed by atoms with Gasteiger partial charge in [0.05, 0.1) is 0 Å². The van der Waals surface area contributed by atoms with Crippen LogP contribution >= 0.6 is 0 Å². The van der Waals surface area contributed by atoms with E-state index >= 15 is 0 Å². The monoisotopic (exact) mass is 184 g/mol. The molecule has 0 aliphatic rings. The molecule has 2 heteroatoms.